The van der Waals surface area contributed by atoms with Gasteiger partial charge in [0.1, 0.15) is 0 Å². The molecule has 0 saturated carbocycles. The van der Waals surface area contributed by atoms with Gasteiger partial charge in [0, 0.05) is 24.6 Å². The van der Waals surface area contributed by atoms with Gasteiger partial charge in [-0.1, -0.05) is 29.8 Å². The molecule has 0 aliphatic carbocycles. The smallest absolute Gasteiger partial charge is 0.313 e. The Morgan fingerprint density at radius 1 is 1.20 bits per heavy atom. The maximum atomic E-state index is 12.0. The van der Waals surface area contributed by atoms with E-state index in [0.29, 0.717) is 5.92 Å². The molecule has 0 bridgehead atoms. The molecule has 0 aliphatic rings. The Kier molecular flexibility index (Phi) is 4.39. The van der Waals surface area contributed by atoms with E-state index in [9.17, 15) is 4.79 Å². The molecule has 4 nitrogen and oxygen atoms in total. The predicted molar refractivity (Wildman–Crippen MR) is 87.1 cm³/mol. The van der Waals surface area contributed by atoms with Crippen molar-refractivity contribution in [3.63, 3.8) is 0 Å². The first-order chi connectivity index (χ1) is 9.36. The lowest BCUT2D eigenvalue weighted by Gasteiger charge is -2.20. The normalized spacial score (nSPS) is 13.3. The van der Waals surface area contributed by atoms with Crippen LogP contribution in [0, 0.1) is 5.92 Å². The quantitative estimate of drug-likeness (QED) is 0.929. The van der Waals surface area contributed by atoms with E-state index in [-0.39, 0.29) is 11.7 Å². The first-order valence-electron chi connectivity index (χ1n) is 6.89. The van der Waals surface area contributed by atoms with Crippen molar-refractivity contribution in [3.05, 3.63) is 32.7 Å². The molecule has 2 aromatic rings. The van der Waals surface area contributed by atoms with Crippen molar-refractivity contribution in [2.75, 3.05) is 7.05 Å². The fourth-order valence-electron chi connectivity index (χ4n) is 2.67. The van der Waals surface area contributed by atoms with Crippen LogP contribution in [0.3, 0.4) is 0 Å². The molecule has 1 aromatic carbocycles. The molecule has 0 amide bonds. The molecule has 110 valence electrons. The van der Waals surface area contributed by atoms with Crippen LogP contribution in [0.1, 0.15) is 31.9 Å². The molecule has 2 rings (SSSR count). The molecular weight excluding hydrogens is 318 g/mol. The lowest BCUT2D eigenvalue weighted by molar-refractivity contribution is 0.456. The highest BCUT2D eigenvalue weighted by Gasteiger charge is 2.18. The molecule has 1 unspecified atom stereocenters. The second-order valence-electron chi connectivity index (χ2n) is 5.73. The second-order valence-corrected chi connectivity index (χ2v) is 6.59. The molecule has 20 heavy (non-hydrogen) atoms. The van der Waals surface area contributed by atoms with Gasteiger partial charge in [-0.25, -0.2) is 4.79 Å². The molecular formula is C15H22BrN3O. The maximum Gasteiger partial charge on any atom is 0.328 e. The van der Waals surface area contributed by atoms with E-state index < -0.39 is 0 Å². The third-order valence-electron chi connectivity index (χ3n) is 3.82. The fourth-order valence-corrected chi connectivity index (χ4v) is 3.28. The summed E-state index contributed by atoms with van der Waals surface area (Å²) in [5, 5.41) is 3.37. The Morgan fingerprint density at radius 2 is 1.75 bits per heavy atom. The fraction of sp³-hybridized carbons (Fsp3) is 0.533. The Labute approximate surface area is 127 Å². The number of halogens is 1. The van der Waals surface area contributed by atoms with Gasteiger partial charge in [-0.15, -0.1) is 0 Å². The minimum Gasteiger partial charge on any atom is -0.313 e. The van der Waals surface area contributed by atoms with Gasteiger partial charge in [0.05, 0.1) is 11.0 Å². The van der Waals surface area contributed by atoms with Crippen molar-refractivity contribution in [1.29, 1.82) is 0 Å². The number of nitrogens with zero attached hydrogens (tertiary/aromatic N) is 2. The first-order valence-corrected chi connectivity index (χ1v) is 7.68. The first kappa shape index (κ1) is 15.3. The number of benzene rings is 1. The van der Waals surface area contributed by atoms with Gasteiger partial charge in [-0.05, 0) is 37.1 Å². The van der Waals surface area contributed by atoms with Gasteiger partial charge in [0.2, 0.25) is 0 Å². The standard InChI is InChI=1S/C15H22BrN3O/c1-9(2)6-12(17-3)10-7-13-14(8-11(10)16)19(5)15(20)18(13)4/h7-9,12,17H,6H2,1-5H3. The lowest BCUT2D eigenvalue weighted by atomic mass is 9.97. The Hall–Kier alpha value is -1.07. The number of imidazole rings is 1. The van der Waals surface area contributed by atoms with Crippen LogP contribution in [-0.2, 0) is 14.1 Å². The van der Waals surface area contributed by atoms with Gasteiger partial charge in [-0.3, -0.25) is 9.13 Å². The van der Waals surface area contributed by atoms with E-state index >= 15 is 0 Å². The summed E-state index contributed by atoms with van der Waals surface area (Å²) >= 11 is 3.65. The third-order valence-corrected chi connectivity index (χ3v) is 4.51. The molecule has 0 spiro atoms. The summed E-state index contributed by atoms with van der Waals surface area (Å²) in [6.07, 6.45) is 1.06. The molecule has 1 aromatic heterocycles. The van der Waals surface area contributed by atoms with Crippen molar-refractivity contribution < 1.29 is 0 Å². The summed E-state index contributed by atoms with van der Waals surface area (Å²) < 4.78 is 4.43. The highest BCUT2D eigenvalue weighted by Crippen LogP contribution is 2.31. The summed E-state index contributed by atoms with van der Waals surface area (Å²) in [5.41, 5.74) is 3.14. The van der Waals surface area contributed by atoms with Crippen LogP contribution in [0.25, 0.3) is 11.0 Å². The van der Waals surface area contributed by atoms with Crippen LogP contribution in [0.5, 0.6) is 0 Å². The lowest BCUT2D eigenvalue weighted by Crippen LogP contribution is -2.19. The van der Waals surface area contributed by atoms with Crippen LogP contribution in [-0.4, -0.2) is 16.2 Å². The van der Waals surface area contributed by atoms with E-state index in [1.165, 1.54) is 5.56 Å². The maximum absolute atomic E-state index is 12.0. The molecule has 1 atom stereocenters. The van der Waals surface area contributed by atoms with E-state index in [0.717, 1.165) is 21.9 Å². The Bertz CT molecular complexity index is 684. The van der Waals surface area contributed by atoms with Crippen molar-refractivity contribution in [2.45, 2.75) is 26.3 Å². The minimum absolute atomic E-state index is 0.00826. The zero-order valence-corrected chi connectivity index (χ0v) is 14.3. The van der Waals surface area contributed by atoms with Crippen LogP contribution < -0.4 is 11.0 Å². The molecule has 0 saturated heterocycles. The Balaban J connectivity index is 2.63. The topological polar surface area (TPSA) is 39.0 Å². The summed E-state index contributed by atoms with van der Waals surface area (Å²) in [6, 6.07) is 4.44. The van der Waals surface area contributed by atoms with Gasteiger partial charge in [0.25, 0.3) is 0 Å². The molecule has 1 N–H and O–H groups in total. The van der Waals surface area contributed by atoms with Crippen molar-refractivity contribution in [1.82, 2.24) is 14.5 Å². The second kappa shape index (κ2) is 5.74. The van der Waals surface area contributed by atoms with Crippen molar-refractivity contribution in [2.24, 2.45) is 20.0 Å². The van der Waals surface area contributed by atoms with Gasteiger partial charge in [-0.2, -0.15) is 0 Å². The minimum atomic E-state index is 0.00826. The van der Waals surface area contributed by atoms with Gasteiger partial charge >= 0.3 is 5.69 Å². The highest BCUT2D eigenvalue weighted by molar-refractivity contribution is 9.10. The van der Waals surface area contributed by atoms with E-state index in [1.807, 2.05) is 20.2 Å². The van der Waals surface area contributed by atoms with Crippen LogP contribution in [0.2, 0.25) is 0 Å². The average molecular weight is 340 g/mol. The number of aryl methyl sites for hydroxylation is 2. The zero-order chi connectivity index (χ0) is 15.0. The van der Waals surface area contributed by atoms with E-state index in [2.05, 4.69) is 41.2 Å². The van der Waals surface area contributed by atoms with Crippen LogP contribution in [0.15, 0.2) is 21.4 Å². The van der Waals surface area contributed by atoms with Crippen molar-refractivity contribution in [3.8, 4) is 0 Å². The SMILES string of the molecule is CNC(CC(C)C)c1cc2c(cc1Br)n(C)c(=O)n2C. The van der Waals surface area contributed by atoms with Crippen molar-refractivity contribution >= 4 is 27.0 Å². The van der Waals surface area contributed by atoms with Gasteiger partial charge in [0.15, 0.2) is 0 Å². The number of rotatable bonds is 4. The molecule has 0 radical (unpaired) electrons. The van der Waals surface area contributed by atoms with E-state index in [4.69, 9.17) is 0 Å². The number of aromatic nitrogens is 2. The summed E-state index contributed by atoms with van der Waals surface area (Å²) in [5.74, 6) is 0.606. The predicted octanol–water partition coefficient (Wildman–Crippen LogP) is 2.95. The summed E-state index contributed by atoms with van der Waals surface area (Å²) in [6.45, 7) is 4.43. The van der Waals surface area contributed by atoms with Crippen LogP contribution in [0.4, 0.5) is 0 Å². The van der Waals surface area contributed by atoms with Crippen LogP contribution >= 0.6 is 15.9 Å². The largest absolute Gasteiger partial charge is 0.328 e. The monoisotopic (exact) mass is 339 g/mol. The number of nitrogens with one attached hydrogen (secondary N) is 1. The zero-order valence-electron chi connectivity index (χ0n) is 12.7. The summed E-state index contributed by atoms with van der Waals surface area (Å²) in [4.78, 5) is 12.0. The molecule has 0 aliphatic heterocycles. The highest BCUT2D eigenvalue weighted by atomic mass is 79.9. The summed E-state index contributed by atoms with van der Waals surface area (Å²) in [7, 11) is 5.60. The molecule has 0 fully saturated rings. The van der Waals surface area contributed by atoms with E-state index in [1.54, 1.807) is 16.2 Å². The Morgan fingerprint density at radius 3 is 2.25 bits per heavy atom. The third kappa shape index (κ3) is 2.56. The molecule has 5 heteroatoms. The number of hydrogen-bond donors (Lipinski definition) is 1. The van der Waals surface area contributed by atoms with Gasteiger partial charge < -0.3 is 5.32 Å². The number of fused-ring (bicyclic) bond motifs is 1. The average Bonchev–Trinajstić information content (AvgIpc) is 2.60. The molecule has 1 heterocycles. The number of hydrogen-bond acceptors (Lipinski definition) is 2.